The van der Waals surface area contributed by atoms with Crippen LogP contribution in [0.2, 0.25) is 9.36 Å². The number of aromatic nitrogens is 2. The second-order valence-electron chi connectivity index (χ2n) is 7.28. The molecule has 0 fully saturated rings. The van der Waals surface area contributed by atoms with Crippen LogP contribution in [0.4, 0.5) is 18.3 Å². The smallest absolute Gasteiger partial charge is 0.339 e. The van der Waals surface area contributed by atoms with Gasteiger partial charge in [-0.15, -0.1) is 0 Å². The number of nitrogens with one attached hydrogen (secondary N) is 1. The van der Waals surface area contributed by atoms with E-state index in [9.17, 15) is 18.0 Å². The Morgan fingerprint density at radius 1 is 1.00 bits per heavy atom. The van der Waals surface area contributed by atoms with Crippen LogP contribution in [0.25, 0.3) is 0 Å². The zero-order chi connectivity index (χ0) is 23.6. The molecule has 2 aromatic carbocycles. The molecule has 0 aliphatic heterocycles. The number of carbonyl (C=O) groups excluding carboxylic acids is 1. The number of thiazole rings is 1. The monoisotopic (exact) mass is 509 g/mol. The summed E-state index contributed by atoms with van der Waals surface area (Å²) in [6.45, 7) is 0.222. The van der Waals surface area contributed by atoms with Crippen LogP contribution in [-0.4, -0.2) is 15.5 Å². The van der Waals surface area contributed by atoms with Gasteiger partial charge in [-0.05, 0) is 53.4 Å². The number of hydrogen-bond donors (Lipinski definition) is 1. The third-order valence-electron chi connectivity index (χ3n) is 4.84. The topological polar surface area (TPSA) is 46.9 Å². The molecule has 10 heteroatoms. The van der Waals surface area contributed by atoms with Gasteiger partial charge in [0.1, 0.15) is 10.0 Å². The molecule has 1 amide bonds. The van der Waals surface area contributed by atoms with Crippen molar-refractivity contribution >= 4 is 45.6 Å². The highest BCUT2D eigenvalue weighted by molar-refractivity contribution is 7.19. The standard InChI is InChI=1S/C23H16Cl2F3N3OS/c24-18-7-3-14(4-8-18)9-16-10-19(21(32)30-22-29-11-20(25)33-22)31(13-16)12-15-1-5-17(6-2-15)23(26,27)28/h1-8,10-11,13H,9,12H2,(H,29,30,32). The van der Waals surface area contributed by atoms with E-state index in [1.54, 1.807) is 22.8 Å². The van der Waals surface area contributed by atoms with E-state index in [-0.39, 0.29) is 6.54 Å². The van der Waals surface area contributed by atoms with E-state index < -0.39 is 17.6 Å². The van der Waals surface area contributed by atoms with E-state index in [1.807, 2.05) is 18.3 Å². The quantitative estimate of drug-likeness (QED) is 0.299. The molecular weight excluding hydrogens is 494 g/mol. The Labute approximate surface area is 201 Å². The predicted octanol–water partition coefficient (Wildman–Crippen LogP) is 7.16. The number of carbonyl (C=O) groups is 1. The van der Waals surface area contributed by atoms with Gasteiger partial charge in [0, 0.05) is 17.8 Å². The van der Waals surface area contributed by atoms with Crippen LogP contribution < -0.4 is 5.32 Å². The van der Waals surface area contributed by atoms with Crippen molar-refractivity contribution in [2.75, 3.05) is 5.32 Å². The molecule has 4 aromatic rings. The van der Waals surface area contributed by atoms with E-state index in [2.05, 4.69) is 10.3 Å². The van der Waals surface area contributed by atoms with Gasteiger partial charge in [-0.1, -0.05) is 58.8 Å². The van der Waals surface area contributed by atoms with Crippen LogP contribution >= 0.6 is 34.5 Å². The number of rotatable bonds is 6. The van der Waals surface area contributed by atoms with Gasteiger partial charge < -0.3 is 4.57 Å². The number of nitrogens with zero attached hydrogens (tertiary/aromatic N) is 2. The van der Waals surface area contributed by atoms with Gasteiger partial charge in [0.15, 0.2) is 5.13 Å². The van der Waals surface area contributed by atoms with Gasteiger partial charge >= 0.3 is 6.18 Å². The Hall–Kier alpha value is -2.81. The average molecular weight is 510 g/mol. The average Bonchev–Trinajstić information content (AvgIpc) is 3.35. The summed E-state index contributed by atoms with van der Waals surface area (Å²) in [6, 6.07) is 14.0. The second kappa shape index (κ2) is 9.59. The number of amides is 1. The Kier molecular flexibility index (Phi) is 6.78. The molecule has 4 rings (SSSR count). The van der Waals surface area contributed by atoms with Crippen LogP contribution in [0.5, 0.6) is 0 Å². The first-order valence-corrected chi connectivity index (χ1v) is 11.3. The molecule has 0 bridgehead atoms. The summed E-state index contributed by atoms with van der Waals surface area (Å²) in [6.07, 6.45) is -0.594. The Balaban J connectivity index is 1.61. The molecular formula is C23H16Cl2F3N3OS. The minimum atomic E-state index is -4.41. The van der Waals surface area contributed by atoms with Gasteiger partial charge in [0.25, 0.3) is 5.91 Å². The molecule has 170 valence electrons. The molecule has 33 heavy (non-hydrogen) atoms. The van der Waals surface area contributed by atoms with E-state index in [4.69, 9.17) is 23.2 Å². The lowest BCUT2D eigenvalue weighted by atomic mass is 10.1. The summed E-state index contributed by atoms with van der Waals surface area (Å²) in [5.41, 5.74) is 2.13. The maximum absolute atomic E-state index is 13.0. The van der Waals surface area contributed by atoms with E-state index in [0.29, 0.717) is 32.2 Å². The lowest BCUT2D eigenvalue weighted by Crippen LogP contribution is -2.17. The Morgan fingerprint density at radius 2 is 1.67 bits per heavy atom. The van der Waals surface area contributed by atoms with Gasteiger partial charge in [0.2, 0.25) is 0 Å². The van der Waals surface area contributed by atoms with Crippen LogP contribution in [0.1, 0.15) is 32.7 Å². The van der Waals surface area contributed by atoms with Gasteiger partial charge in [-0.2, -0.15) is 13.2 Å². The van der Waals surface area contributed by atoms with Crippen molar-refractivity contribution in [1.82, 2.24) is 9.55 Å². The molecule has 0 atom stereocenters. The first-order valence-electron chi connectivity index (χ1n) is 9.70. The minimum absolute atomic E-state index is 0.222. The van der Waals surface area contributed by atoms with Crippen LogP contribution in [0.3, 0.4) is 0 Å². The molecule has 4 nitrogen and oxygen atoms in total. The molecule has 0 aliphatic rings. The fourth-order valence-electron chi connectivity index (χ4n) is 3.30. The number of alkyl halides is 3. The highest BCUT2D eigenvalue weighted by atomic mass is 35.5. The normalized spacial score (nSPS) is 11.5. The molecule has 0 saturated carbocycles. The van der Waals surface area contributed by atoms with Crippen LogP contribution in [0.15, 0.2) is 67.0 Å². The first kappa shape index (κ1) is 23.4. The van der Waals surface area contributed by atoms with Crippen molar-refractivity contribution in [3.63, 3.8) is 0 Å². The number of halogens is 5. The number of benzene rings is 2. The third-order valence-corrected chi connectivity index (χ3v) is 6.12. The van der Waals surface area contributed by atoms with Crippen molar-refractivity contribution in [2.24, 2.45) is 0 Å². The summed E-state index contributed by atoms with van der Waals surface area (Å²) in [4.78, 5) is 17.0. The van der Waals surface area contributed by atoms with E-state index >= 15 is 0 Å². The third kappa shape index (κ3) is 5.96. The van der Waals surface area contributed by atoms with Crippen molar-refractivity contribution in [3.8, 4) is 0 Å². The highest BCUT2D eigenvalue weighted by Crippen LogP contribution is 2.29. The van der Waals surface area contributed by atoms with Crippen molar-refractivity contribution in [2.45, 2.75) is 19.1 Å². The molecule has 0 spiro atoms. The zero-order valence-corrected chi connectivity index (χ0v) is 19.2. The van der Waals surface area contributed by atoms with Crippen LogP contribution in [-0.2, 0) is 19.1 Å². The SMILES string of the molecule is O=C(Nc1ncc(Cl)s1)c1cc(Cc2ccc(Cl)cc2)cn1Cc1ccc(C(F)(F)F)cc1. The Bertz CT molecular complexity index is 1270. The maximum atomic E-state index is 13.0. The Morgan fingerprint density at radius 3 is 2.27 bits per heavy atom. The molecule has 2 aromatic heterocycles. The summed E-state index contributed by atoms with van der Waals surface area (Å²) in [5.74, 6) is -0.393. The molecule has 0 saturated heterocycles. The van der Waals surface area contributed by atoms with E-state index in [0.717, 1.165) is 34.6 Å². The number of anilines is 1. The fourth-order valence-corrected chi connectivity index (χ4v) is 4.23. The molecule has 1 N–H and O–H groups in total. The first-order chi connectivity index (χ1) is 15.7. The largest absolute Gasteiger partial charge is 0.416 e. The molecule has 0 unspecified atom stereocenters. The lowest BCUT2D eigenvalue weighted by molar-refractivity contribution is -0.137. The van der Waals surface area contributed by atoms with Gasteiger partial charge in [-0.3, -0.25) is 10.1 Å². The highest BCUT2D eigenvalue weighted by Gasteiger charge is 2.30. The van der Waals surface area contributed by atoms with Crippen LogP contribution in [0, 0.1) is 0 Å². The summed E-state index contributed by atoms with van der Waals surface area (Å²) < 4.78 is 40.8. The van der Waals surface area contributed by atoms with E-state index in [1.165, 1.54) is 18.3 Å². The molecule has 2 heterocycles. The van der Waals surface area contributed by atoms with Gasteiger partial charge in [-0.25, -0.2) is 4.98 Å². The summed E-state index contributed by atoms with van der Waals surface area (Å²) >= 11 is 13.0. The van der Waals surface area contributed by atoms with Gasteiger partial charge in [0.05, 0.1) is 11.8 Å². The van der Waals surface area contributed by atoms with Crippen molar-refractivity contribution in [3.05, 3.63) is 104 Å². The number of hydrogen-bond acceptors (Lipinski definition) is 3. The van der Waals surface area contributed by atoms with Crippen molar-refractivity contribution in [1.29, 1.82) is 0 Å². The summed E-state index contributed by atoms with van der Waals surface area (Å²) in [5, 5.41) is 3.69. The fraction of sp³-hybridized carbons (Fsp3) is 0.130. The minimum Gasteiger partial charge on any atom is -0.339 e. The summed E-state index contributed by atoms with van der Waals surface area (Å²) in [7, 11) is 0. The molecule has 0 radical (unpaired) electrons. The predicted molar refractivity (Wildman–Crippen MR) is 124 cm³/mol. The maximum Gasteiger partial charge on any atom is 0.416 e. The molecule has 0 aliphatic carbocycles. The lowest BCUT2D eigenvalue weighted by Gasteiger charge is -2.11. The zero-order valence-electron chi connectivity index (χ0n) is 16.9. The van der Waals surface area contributed by atoms with Crippen molar-refractivity contribution < 1.29 is 18.0 Å². The second-order valence-corrected chi connectivity index (χ2v) is 9.38.